The molecule has 0 spiro atoms. The van der Waals surface area contributed by atoms with Crippen LogP contribution in [0.25, 0.3) is 0 Å². The van der Waals surface area contributed by atoms with Crippen LogP contribution in [0.15, 0.2) is 0 Å². The summed E-state index contributed by atoms with van der Waals surface area (Å²) in [5.41, 5.74) is 0. The lowest BCUT2D eigenvalue weighted by Crippen LogP contribution is -2.48. The third kappa shape index (κ3) is 0.660. The Morgan fingerprint density at radius 3 is 3.10 bits per heavy atom. The van der Waals surface area contributed by atoms with Crippen molar-refractivity contribution < 1.29 is 14.6 Å². The van der Waals surface area contributed by atoms with Gasteiger partial charge in [-0.05, 0) is 0 Å². The molecule has 56 valence electrons. The van der Waals surface area contributed by atoms with E-state index >= 15 is 0 Å². The van der Waals surface area contributed by atoms with E-state index in [1.165, 1.54) is 0 Å². The second-order valence-electron chi connectivity index (χ2n) is 2.65. The van der Waals surface area contributed by atoms with Crippen molar-refractivity contribution in [2.75, 3.05) is 13.2 Å². The van der Waals surface area contributed by atoms with Gasteiger partial charge in [-0.1, -0.05) is 0 Å². The average molecular weight is 143 g/mol. The fourth-order valence-corrected chi connectivity index (χ4v) is 1.35. The number of β-lactam (4-membered cyclic amide) rings is 1. The Morgan fingerprint density at radius 2 is 2.60 bits per heavy atom. The molecular formula is C6H9NO3. The number of carbonyl (C=O) groups is 1. The van der Waals surface area contributed by atoms with Gasteiger partial charge in [0.05, 0.1) is 19.6 Å². The Bertz CT molecular complexity index is 170. The topological polar surface area (TPSA) is 49.8 Å². The van der Waals surface area contributed by atoms with Crippen LogP contribution in [0.1, 0.15) is 6.42 Å². The van der Waals surface area contributed by atoms with Gasteiger partial charge in [-0.15, -0.1) is 0 Å². The van der Waals surface area contributed by atoms with Gasteiger partial charge in [0.25, 0.3) is 0 Å². The smallest absolute Gasteiger partial charge is 0.229 e. The molecule has 0 radical (unpaired) electrons. The molecule has 2 rings (SSSR count). The molecule has 10 heavy (non-hydrogen) atoms. The van der Waals surface area contributed by atoms with E-state index in [0.29, 0.717) is 13.0 Å². The molecule has 4 nitrogen and oxygen atoms in total. The van der Waals surface area contributed by atoms with E-state index in [-0.39, 0.29) is 24.8 Å². The minimum atomic E-state index is -0.142. The lowest BCUT2D eigenvalue weighted by atomic mass is 10.2. The number of amides is 1. The first-order valence-corrected chi connectivity index (χ1v) is 3.37. The van der Waals surface area contributed by atoms with Gasteiger partial charge in [0.1, 0.15) is 12.3 Å². The van der Waals surface area contributed by atoms with Crippen LogP contribution in [0.4, 0.5) is 0 Å². The molecule has 0 aliphatic carbocycles. The van der Waals surface area contributed by atoms with E-state index < -0.39 is 0 Å². The Balaban J connectivity index is 1.99. The first-order valence-electron chi connectivity index (χ1n) is 3.37. The van der Waals surface area contributed by atoms with Crippen LogP contribution in [-0.2, 0) is 9.53 Å². The summed E-state index contributed by atoms with van der Waals surface area (Å²) >= 11 is 0. The Morgan fingerprint density at radius 1 is 1.80 bits per heavy atom. The number of hydrogen-bond acceptors (Lipinski definition) is 3. The van der Waals surface area contributed by atoms with Crippen LogP contribution >= 0.6 is 0 Å². The number of ether oxygens (including phenoxy) is 1. The van der Waals surface area contributed by atoms with Crippen molar-refractivity contribution in [2.45, 2.75) is 18.8 Å². The van der Waals surface area contributed by atoms with E-state index in [4.69, 9.17) is 9.84 Å². The van der Waals surface area contributed by atoms with E-state index in [1.54, 1.807) is 4.90 Å². The highest BCUT2D eigenvalue weighted by Crippen LogP contribution is 2.27. The van der Waals surface area contributed by atoms with Gasteiger partial charge in [0.2, 0.25) is 5.91 Å². The summed E-state index contributed by atoms with van der Waals surface area (Å²) in [6, 6.07) is 0. The molecule has 4 heteroatoms. The summed E-state index contributed by atoms with van der Waals surface area (Å²) in [4.78, 5) is 12.4. The van der Waals surface area contributed by atoms with Crippen molar-refractivity contribution in [3.05, 3.63) is 0 Å². The van der Waals surface area contributed by atoms with Crippen molar-refractivity contribution in [2.24, 2.45) is 0 Å². The Kier molecular flexibility index (Phi) is 1.18. The summed E-state index contributed by atoms with van der Waals surface area (Å²) in [6.07, 6.45) is 0.331. The lowest BCUT2D eigenvalue weighted by Gasteiger charge is -2.31. The second kappa shape index (κ2) is 1.93. The molecule has 2 aliphatic rings. The van der Waals surface area contributed by atoms with E-state index in [9.17, 15) is 4.79 Å². The number of rotatable bonds is 1. The van der Waals surface area contributed by atoms with Crippen molar-refractivity contribution in [3.63, 3.8) is 0 Å². The predicted octanol–water partition coefficient (Wildman–Crippen LogP) is -1.06. The van der Waals surface area contributed by atoms with Crippen LogP contribution < -0.4 is 0 Å². The zero-order chi connectivity index (χ0) is 7.14. The maximum absolute atomic E-state index is 10.7. The number of aliphatic hydroxyl groups is 1. The minimum Gasteiger partial charge on any atom is -0.394 e. The summed E-state index contributed by atoms with van der Waals surface area (Å²) in [6.45, 7) is 0.584. The molecule has 1 N–H and O–H groups in total. The van der Waals surface area contributed by atoms with Gasteiger partial charge in [-0.25, -0.2) is 0 Å². The molecule has 2 atom stereocenters. The summed E-state index contributed by atoms with van der Waals surface area (Å²) in [7, 11) is 0. The van der Waals surface area contributed by atoms with Gasteiger partial charge in [-0.3, -0.25) is 4.79 Å². The SMILES string of the molecule is O=C1CC2OC(CO)CN12. The molecule has 0 saturated carbocycles. The fourth-order valence-electron chi connectivity index (χ4n) is 1.35. The first-order chi connectivity index (χ1) is 4.81. The van der Waals surface area contributed by atoms with Crippen molar-refractivity contribution in [3.8, 4) is 0 Å². The summed E-state index contributed by atoms with van der Waals surface area (Å²) in [5, 5.41) is 8.65. The highest BCUT2D eigenvalue weighted by molar-refractivity contribution is 5.82. The van der Waals surface area contributed by atoms with E-state index in [0.717, 1.165) is 0 Å². The van der Waals surface area contributed by atoms with E-state index in [1.807, 2.05) is 0 Å². The number of nitrogens with zero attached hydrogens (tertiary/aromatic N) is 1. The molecule has 0 bridgehead atoms. The molecule has 2 heterocycles. The fraction of sp³-hybridized carbons (Fsp3) is 0.833. The molecular weight excluding hydrogens is 134 g/mol. The van der Waals surface area contributed by atoms with Gasteiger partial charge in [-0.2, -0.15) is 0 Å². The van der Waals surface area contributed by atoms with E-state index in [2.05, 4.69) is 0 Å². The number of aliphatic hydroxyl groups excluding tert-OH is 1. The number of hydrogen-bond donors (Lipinski definition) is 1. The first kappa shape index (κ1) is 6.12. The van der Waals surface area contributed by atoms with Crippen LogP contribution in [0, 0.1) is 0 Å². The molecule has 2 fully saturated rings. The second-order valence-corrected chi connectivity index (χ2v) is 2.65. The van der Waals surface area contributed by atoms with Crippen molar-refractivity contribution in [1.29, 1.82) is 0 Å². The molecule has 0 aromatic heterocycles. The highest BCUT2D eigenvalue weighted by atomic mass is 16.5. The molecule has 2 aliphatic heterocycles. The number of carbonyl (C=O) groups excluding carboxylic acids is 1. The lowest BCUT2D eigenvalue weighted by molar-refractivity contribution is -0.156. The Labute approximate surface area is 58.4 Å². The van der Waals surface area contributed by atoms with Crippen molar-refractivity contribution in [1.82, 2.24) is 4.90 Å². The summed E-state index contributed by atoms with van der Waals surface area (Å²) < 4.78 is 5.24. The maximum Gasteiger partial charge on any atom is 0.229 e. The third-order valence-corrected chi connectivity index (χ3v) is 1.97. The molecule has 0 aromatic carbocycles. The zero-order valence-corrected chi connectivity index (χ0v) is 5.49. The third-order valence-electron chi connectivity index (χ3n) is 1.97. The minimum absolute atomic E-state index is 0.0142. The van der Waals surface area contributed by atoms with Gasteiger partial charge >= 0.3 is 0 Å². The van der Waals surface area contributed by atoms with Crippen LogP contribution in [0.5, 0.6) is 0 Å². The monoisotopic (exact) mass is 143 g/mol. The molecule has 0 aromatic rings. The van der Waals surface area contributed by atoms with Crippen LogP contribution in [-0.4, -0.2) is 41.4 Å². The van der Waals surface area contributed by atoms with Gasteiger partial charge in [0.15, 0.2) is 0 Å². The maximum atomic E-state index is 10.7. The predicted molar refractivity (Wildman–Crippen MR) is 32.1 cm³/mol. The Hall–Kier alpha value is -0.610. The van der Waals surface area contributed by atoms with Crippen molar-refractivity contribution >= 4 is 5.91 Å². The van der Waals surface area contributed by atoms with Crippen LogP contribution in [0.2, 0.25) is 0 Å². The number of fused-ring (bicyclic) bond motifs is 1. The van der Waals surface area contributed by atoms with Crippen LogP contribution in [0.3, 0.4) is 0 Å². The highest BCUT2D eigenvalue weighted by Gasteiger charge is 2.44. The average Bonchev–Trinajstić information content (AvgIpc) is 2.26. The largest absolute Gasteiger partial charge is 0.394 e. The molecule has 1 amide bonds. The normalized spacial score (nSPS) is 37.7. The zero-order valence-electron chi connectivity index (χ0n) is 5.49. The van der Waals surface area contributed by atoms with Gasteiger partial charge < -0.3 is 14.7 Å². The summed E-state index contributed by atoms with van der Waals surface area (Å²) in [5.74, 6) is 0.140. The molecule has 2 unspecified atom stereocenters. The quantitative estimate of drug-likeness (QED) is 0.476. The molecule has 2 saturated heterocycles. The van der Waals surface area contributed by atoms with Gasteiger partial charge in [0, 0.05) is 0 Å². The standard InChI is InChI=1S/C6H9NO3/c8-3-4-2-7-5(9)1-6(7)10-4/h4,6,8H,1-3H2.